The number of ether oxygens (including phenoxy) is 2. The number of hydrogen-bond donors (Lipinski definition) is 0. The molecule has 1 saturated heterocycles. The zero-order valence-electron chi connectivity index (χ0n) is 16.8. The van der Waals surface area contributed by atoms with Crippen LogP contribution >= 0.6 is 0 Å². The molecule has 3 aliphatic rings. The predicted octanol–water partition coefficient (Wildman–Crippen LogP) is 3.17. The van der Waals surface area contributed by atoms with E-state index in [0.717, 1.165) is 52.7 Å². The van der Waals surface area contributed by atoms with Gasteiger partial charge < -0.3 is 9.47 Å². The predicted molar refractivity (Wildman–Crippen MR) is 108 cm³/mol. The number of rotatable bonds is 6. The fraction of sp³-hybridized carbons (Fsp3) is 0.522. The Morgan fingerprint density at radius 2 is 1.83 bits per heavy atom. The lowest BCUT2D eigenvalue weighted by atomic mass is 9.82. The Morgan fingerprint density at radius 1 is 1.10 bits per heavy atom. The molecule has 0 N–H and O–H groups in total. The first-order chi connectivity index (χ1) is 14.2. The number of carbonyl (C=O) groups excluding carboxylic acids is 1. The molecule has 6 nitrogen and oxygen atoms in total. The van der Waals surface area contributed by atoms with Crippen LogP contribution in [0.4, 0.5) is 0 Å². The van der Waals surface area contributed by atoms with Gasteiger partial charge in [-0.2, -0.15) is 0 Å². The van der Waals surface area contributed by atoms with Crippen molar-refractivity contribution in [1.82, 2.24) is 14.9 Å². The topological polar surface area (TPSA) is 64.5 Å². The minimum Gasteiger partial charge on any atom is -0.482 e. The molecule has 0 spiro atoms. The van der Waals surface area contributed by atoms with Crippen LogP contribution in [0, 0.1) is 23.7 Å². The van der Waals surface area contributed by atoms with Crippen molar-refractivity contribution < 1.29 is 14.3 Å². The van der Waals surface area contributed by atoms with Crippen molar-refractivity contribution in [3.63, 3.8) is 0 Å². The summed E-state index contributed by atoms with van der Waals surface area (Å²) in [4.78, 5) is 22.4. The summed E-state index contributed by atoms with van der Waals surface area (Å²) in [6, 6.07) is 6.09. The van der Waals surface area contributed by atoms with Gasteiger partial charge in [0.15, 0.2) is 6.61 Å². The van der Waals surface area contributed by atoms with Gasteiger partial charge in [0.25, 0.3) is 0 Å². The summed E-state index contributed by atoms with van der Waals surface area (Å²) in [5.41, 5.74) is 3.14. The van der Waals surface area contributed by atoms with Crippen LogP contribution in [0.3, 0.4) is 0 Å². The molecule has 2 saturated carbocycles. The van der Waals surface area contributed by atoms with E-state index in [4.69, 9.17) is 9.47 Å². The number of benzene rings is 1. The van der Waals surface area contributed by atoms with Crippen LogP contribution in [-0.4, -0.2) is 47.6 Å². The maximum atomic E-state index is 11.6. The van der Waals surface area contributed by atoms with Gasteiger partial charge in [0, 0.05) is 43.2 Å². The van der Waals surface area contributed by atoms with E-state index in [9.17, 15) is 4.79 Å². The molecule has 3 fully saturated rings. The Balaban J connectivity index is 1.37. The van der Waals surface area contributed by atoms with Crippen molar-refractivity contribution >= 4 is 5.97 Å². The minimum absolute atomic E-state index is 0.0767. The van der Waals surface area contributed by atoms with Crippen LogP contribution in [-0.2, 0) is 16.1 Å². The molecule has 152 valence electrons. The van der Waals surface area contributed by atoms with E-state index >= 15 is 0 Å². The Morgan fingerprint density at radius 3 is 2.52 bits per heavy atom. The lowest BCUT2D eigenvalue weighted by Gasteiger charge is -2.22. The molecule has 2 aromatic rings. The van der Waals surface area contributed by atoms with Crippen molar-refractivity contribution in [3.8, 4) is 16.9 Å². The van der Waals surface area contributed by atoms with Crippen molar-refractivity contribution in [2.45, 2.75) is 25.8 Å². The summed E-state index contributed by atoms with van der Waals surface area (Å²) in [5.74, 6) is 4.01. The Kier molecular flexibility index (Phi) is 4.96. The smallest absolute Gasteiger partial charge is 0.343 e. The van der Waals surface area contributed by atoms with Gasteiger partial charge in [0.1, 0.15) is 12.1 Å². The first kappa shape index (κ1) is 18.6. The fourth-order valence-electron chi connectivity index (χ4n) is 5.81. The molecule has 6 heteroatoms. The standard InChI is InChI=1S/C23H27N3O3/c1-28-23(27)13-29-22-5-4-15(19-8-24-14-25-9-19)6-18(22)10-26-11-20-16-2-3-17(7-16)21(20)12-26/h4-6,8-9,14,16-17,20-21H,2-3,7,10-13H2,1H3/t16-,17+,20-,21+. The maximum Gasteiger partial charge on any atom is 0.343 e. The average molecular weight is 393 g/mol. The van der Waals surface area contributed by atoms with E-state index in [-0.39, 0.29) is 12.6 Å². The number of methoxy groups -OCH3 is 1. The number of nitrogens with zero attached hydrogens (tertiary/aromatic N) is 3. The molecule has 1 aromatic carbocycles. The van der Waals surface area contributed by atoms with Gasteiger partial charge in [-0.25, -0.2) is 14.8 Å². The Bertz CT molecular complexity index is 870. The van der Waals surface area contributed by atoms with E-state index in [0.29, 0.717) is 0 Å². The zero-order valence-corrected chi connectivity index (χ0v) is 16.8. The van der Waals surface area contributed by atoms with Gasteiger partial charge in [0.2, 0.25) is 0 Å². The molecule has 2 heterocycles. The summed E-state index contributed by atoms with van der Waals surface area (Å²) >= 11 is 0. The van der Waals surface area contributed by atoms with Gasteiger partial charge in [-0.3, -0.25) is 4.90 Å². The second-order valence-electron chi connectivity index (χ2n) is 8.67. The SMILES string of the molecule is COC(=O)COc1ccc(-c2cncnc2)cc1CN1C[C@@H]2[C@@H]3CC[C@@H](C3)[C@@H]2C1. The molecular weight excluding hydrogens is 366 g/mol. The number of esters is 1. The number of fused-ring (bicyclic) bond motifs is 5. The molecule has 29 heavy (non-hydrogen) atoms. The van der Waals surface area contributed by atoms with Crippen molar-refractivity contribution in [2.24, 2.45) is 23.7 Å². The first-order valence-corrected chi connectivity index (χ1v) is 10.5. The second kappa shape index (κ2) is 7.75. The number of aromatic nitrogens is 2. The van der Waals surface area contributed by atoms with Crippen molar-refractivity contribution in [2.75, 3.05) is 26.8 Å². The van der Waals surface area contributed by atoms with E-state index in [2.05, 4.69) is 20.9 Å². The van der Waals surface area contributed by atoms with Crippen molar-refractivity contribution in [3.05, 3.63) is 42.5 Å². The third-order valence-electron chi connectivity index (χ3n) is 7.13. The maximum absolute atomic E-state index is 11.6. The fourth-order valence-corrected chi connectivity index (χ4v) is 5.81. The van der Waals surface area contributed by atoms with E-state index in [1.165, 1.54) is 45.8 Å². The van der Waals surface area contributed by atoms with Crippen molar-refractivity contribution in [1.29, 1.82) is 0 Å². The van der Waals surface area contributed by atoms with Gasteiger partial charge in [-0.05, 0) is 60.6 Å². The zero-order chi connectivity index (χ0) is 19.8. The van der Waals surface area contributed by atoms with Crippen LogP contribution < -0.4 is 4.74 Å². The molecule has 0 amide bonds. The van der Waals surface area contributed by atoms with E-state index in [1.807, 2.05) is 24.5 Å². The Labute approximate surface area is 171 Å². The first-order valence-electron chi connectivity index (χ1n) is 10.5. The van der Waals surface area contributed by atoms with Gasteiger partial charge in [0.05, 0.1) is 7.11 Å². The molecule has 1 aliphatic heterocycles. The molecular formula is C23H27N3O3. The van der Waals surface area contributed by atoms with Crippen LogP contribution in [0.1, 0.15) is 24.8 Å². The average Bonchev–Trinajstić information content (AvgIpc) is 3.47. The summed E-state index contributed by atoms with van der Waals surface area (Å²) < 4.78 is 10.5. The molecule has 2 aliphatic carbocycles. The molecule has 2 bridgehead atoms. The van der Waals surface area contributed by atoms with E-state index < -0.39 is 0 Å². The highest BCUT2D eigenvalue weighted by molar-refractivity contribution is 5.71. The molecule has 1 aromatic heterocycles. The molecule has 4 atom stereocenters. The van der Waals surface area contributed by atoms with Crippen LogP contribution in [0.25, 0.3) is 11.1 Å². The van der Waals surface area contributed by atoms with Crippen LogP contribution in [0.2, 0.25) is 0 Å². The molecule has 0 unspecified atom stereocenters. The molecule has 0 radical (unpaired) electrons. The minimum atomic E-state index is -0.372. The quantitative estimate of drug-likeness (QED) is 0.703. The van der Waals surface area contributed by atoms with Gasteiger partial charge in [-0.15, -0.1) is 0 Å². The normalized spacial score (nSPS) is 27.8. The second-order valence-corrected chi connectivity index (χ2v) is 8.67. The summed E-state index contributed by atoms with van der Waals surface area (Å²) in [6.45, 7) is 3.12. The Hall–Kier alpha value is -2.47. The highest BCUT2D eigenvalue weighted by atomic mass is 16.6. The number of hydrogen-bond acceptors (Lipinski definition) is 6. The highest BCUT2D eigenvalue weighted by Gasteiger charge is 2.51. The summed E-state index contributed by atoms with van der Waals surface area (Å²) in [5, 5.41) is 0. The highest BCUT2D eigenvalue weighted by Crippen LogP contribution is 2.55. The largest absolute Gasteiger partial charge is 0.482 e. The lowest BCUT2D eigenvalue weighted by Crippen LogP contribution is -2.23. The van der Waals surface area contributed by atoms with Gasteiger partial charge >= 0.3 is 5.97 Å². The lowest BCUT2D eigenvalue weighted by molar-refractivity contribution is -0.142. The van der Waals surface area contributed by atoms with Gasteiger partial charge in [-0.1, -0.05) is 6.07 Å². The number of likely N-dealkylation sites (tertiary alicyclic amines) is 1. The van der Waals surface area contributed by atoms with Crippen LogP contribution in [0.15, 0.2) is 36.9 Å². The molecule has 5 rings (SSSR count). The summed E-state index contributed by atoms with van der Waals surface area (Å²) in [6.07, 6.45) is 9.49. The monoisotopic (exact) mass is 393 g/mol. The third kappa shape index (κ3) is 3.62. The van der Waals surface area contributed by atoms with E-state index in [1.54, 1.807) is 0 Å². The summed E-state index contributed by atoms with van der Waals surface area (Å²) in [7, 11) is 1.38. The third-order valence-corrected chi connectivity index (χ3v) is 7.13. The van der Waals surface area contributed by atoms with Crippen LogP contribution in [0.5, 0.6) is 5.75 Å². The number of carbonyl (C=O) groups is 1.